The third kappa shape index (κ3) is 3.98. The van der Waals surface area contributed by atoms with Crippen molar-refractivity contribution in [1.29, 1.82) is 0 Å². The number of nitrogens with zero attached hydrogens (tertiary/aromatic N) is 2. The van der Waals surface area contributed by atoms with Crippen LogP contribution in [0.25, 0.3) is 22.2 Å². The lowest BCUT2D eigenvalue weighted by Crippen LogP contribution is -2.30. The minimum Gasteiger partial charge on any atom is -0.324 e. The number of carbonyl (C=O) groups excluding carboxylic acids is 1. The highest BCUT2D eigenvalue weighted by Crippen LogP contribution is 2.27. The second-order valence-electron chi connectivity index (χ2n) is 7.22. The van der Waals surface area contributed by atoms with Gasteiger partial charge >= 0.3 is 5.69 Å². The molecule has 0 unspecified atom stereocenters. The Labute approximate surface area is 179 Å². The third-order valence-corrected chi connectivity index (χ3v) is 5.19. The molecule has 0 radical (unpaired) electrons. The molecule has 1 amide bonds. The zero-order chi connectivity index (χ0) is 21.3. The van der Waals surface area contributed by atoms with Gasteiger partial charge in [0.05, 0.1) is 11.2 Å². The molecule has 5 nitrogen and oxygen atoms in total. The molecule has 0 bridgehead atoms. The zero-order valence-corrected chi connectivity index (χ0v) is 17.4. The first-order chi connectivity index (χ1) is 14.4. The molecule has 0 aliphatic heterocycles. The Hall–Kier alpha value is -3.44. The number of hydrogen-bond donors (Lipinski definition) is 1. The fraction of sp³-hybridized carbons (Fsp3) is 0.125. The molecule has 0 atom stereocenters. The normalized spacial score (nSPS) is 10.9. The van der Waals surface area contributed by atoms with Crippen molar-refractivity contribution in [3.8, 4) is 11.3 Å². The van der Waals surface area contributed by atoms with E-state index in [0.717, 1.165) is 22.4 Å². The molecule has 4 aromatic rings. The highest BCUT2D eigenvalue weighted by atomic mass is 35.5. The van der Waals surface area contributed by atoms with E-state index in [1.54, 1.807) is 18.2 Å². The van der Waals surface area contributed by atoms with Crippen molar-refractivity contribution in [2.24, 2.45) is 0 Å². The number of benzene rings is 3. The van der Waals surface area contributed by atoms with Crippen molar-refractivity contribution in [1.82, 2.24) is 9.55 Å². The molecule has 1 aromatic heterocycles. The molecule has 150 valence electrons. The van der Waals surface area contributed by atoms with E-state index in [4.69, 9.17) is 11.6 Å². The van der Waals surface area contributed by atoms with Gasteiger partial charge in [-0.25, -0.2) is 4.79 Å². The predicted molar refractivity (Wildman–Crippen MR) is 121 cm³/mol. The van der Waals surface area contributed by atoms with Crippen LogP contribution in [0.2, 0.25) is 5.02 Å². The smallest absolute Gasteiger partial charge is 0.324 e. The SMILES string of the molecule is Cc1ccc(C)c(NC(=O)Cn2c(=O)nc(-c3ccccc3)c3cc(Cl)ccc32)c1. The van der Waals surface area contributed by atoms with Crippen molar-refractivity contribution in [3.05, 3.63) is 93.4 Å². The fourth-order valence-corrected chi connectivity index (χ4v) is 3.60. The molecule has 6 heteroatoms. The Bertz CT molecular complexity index is 1310. The number of carbonyl (C=O) groups is 1. The van der Waals surface area contributed by atoms with Crippen molar-refractivity contribution >= 4 is 34.1 Å². The molecule has 0 aliphatic carbocycles. The van der Waals surface area contributed by atoms with Gasteiger partial charge in [-0.2, -0.15) is 4.98 Å². The Morgan fingerprint density at radius 2 is 1.80 bits per heavy atom. The van der Waals surface area contributed by atoms with Gasteiger partial charge in [-0.1, -0.05) is 54.1 Å². The van der Waals surface area contributed by atoms with Crippen LogP contribution in [0.1, 0.15) is 11.1 Å². The average molecular weight is 418 g/mol. The maximum atomic E-state index is 12.9. The number of amides is 1. The molecule has 0 fully saturated rings. The first kappa shape index (κ1) is 19.9. The van der Waals surface area contributed by atoms with E-state index >= 15 is 0 Å². The van der Waals surface area contributed by atoms with Crippen LogP contribution in [0.5, 0.6) is 0 Å². The van der Waals surface area contributed by atoms with E-state index < -0.39 is 5.69 Å². The van der Waals surface area contributed by atoms with Gasteiger partial charge in [0.15, 0.2) is 0 Å². The topological polar surface area (TPSA) is 64.0 Å². The summed E-state index contributed by atoms with van der Waals surface area (Å²) in [5.74, 6) is -0.295. The Kier molecular flexibility index (Phi) is 5.38. The zero-order valence-electron chi connectivity index (χ0n) is 16.6. The number of rotatable bonds is 4. The van der Waals surface area contributed by atoms with Gasteiger partial charge in [0.2, 0.25) is 5.91 Å². The van der Waals surface area contributed by atoms with Crippen molar-refractivity contribution < 1.29 is 4.79 Å². The molecular formula is C24H20ClN3O2. The Balaban J connectivity index is 1.76. The number of anilines is 1. The van der Waals surface area contributed by atoms with Crippen LogP contribution in [0.4, 0.5) is 5.69 Å². The van der Waals surface area contributed by atoms with Gasteiger partial charge in [-0.3, -0.25) is 9.36 Å². The summed E-state index contributed by atoms with van der Waals surface area (Å²) in [5, 5.41) is 4.15. The first-order valence-electron chi connectivity index (χ1n) is 9.55. The average Bonchev–Trinajstić information content (AvgIpc) is 2.73. The molecule has 3 aromatic carbocycles. The summed E-state index contributed by atoms with van der Waals surface area (Å²) in [5.41, 5.74) is 4.21. The molecule has 1 heterocycles. The van der Waals surface area contributed by atoms with Crippen molar-refractivity contribution in [2.75, 3.05) is 5.32 Å². The molecular weight excluding hydrogens is 398 g/mol. The summed E-state index contributed by atoms with van der Waals surface area (Å²) in [4.78, 5) is 29.9. The minimum atomic E-state index is -0.486. The van der Waals surface area contributed by atoms with Crippen LogP contribution in [-0.2, 0) is 11.3 Å². The summed E-state index contributed by atoms with van der Waals surface area (Å²) < 4.78 is 1.37. The van der Waals surface area contributed by atoms with Crippen LogP contribution in [0.15, 0.2) is 71.5 Å². The van der Waals surface area contributed by atoms with Crippen LogP contribution in [0, 0.1) is 13.8 Å². The van der Waals surface area contributed by atoms with Crippen LogP contribution < -0.4 is 11.0 Å². The van der Waals surface area contributed by atoms with E-state index in [1.807, 2.05) is 62.4 Å². The highest BCUT2D eigenvalue weighted by Gasteiger charge is 2.15. The molecule has 0 spiro atoms. The number of fused-ring (bicyclic) bond motifs is 1. The number of aromatic nitrogens is 2. The summed E-state index contributed by atoms with van der Waals surface area (Å²) in [6, 6.07) is 20.5. The van der Waals surface area contributed by atoms with E-state index in [9.17, 15) is 9.59 Å². The highest BCUT2D eigenvalue weighted by molar-refractivity contribution is 6.31. The van der Waals surface area contributed by atoms with Gasteiger partial charge in [0, 0.05) is 21.7 Å². The molecule has 0 saturated heterocycles. The quantitative estimate of drug-likeness (QED) is 0.509. The largest absolute Gasteiger partial charge is 0.349 e. The van der Waals surface area contributed by atoms with Crippen molar-refractivity contribution in [3.63, 3.8) is 0 Å². The standard InChI is InChI=1S/C24H20ClN3O2/c1-15-8-9-16(2)20(12-15)26-22(29)14-28-21-11-10-18(25)13-19(21)23(27-24(28)30)17-6-4-3-5-7-17/h3-13H,14H2,1-2H3,(H,26,29). The number of nitrogens with one attached hydrogen (secondary N) is 1. The maximum absolute atomic E-state index is 12.9. The summed E-state index contributed by atoms with van der Waals surface area (Å²) in [7, 11) is 0. The Morgan fingerprint density at radius 3 is 2.57 bits per heavy atom. The van der Waals surface area contributed by atoms with E-state index in [0.29, 0.717) is 21.6 Å². The Morgan fingerprint density at radius 1 is 1.03 bits per heavy atom. The molecule has 0 aliphatic rings. The van der Waals surface area contributed by atoms with E-state index in [1.165, 1.54) is 4.57 Å². The summed E-state index contributed by atoms with van der Waals surface area (Å²) in [6.45, 7) is 3.74. The van der Waals surface area contributed by atoms with E-state index in [-0.39, 0.29) is 12.5 Å². The lowest BCUT2D eigenvalue weighted by atomic mass is 10.1. The molecule has 30 heavy (non-hydrogen) atoms. The molecule has 1 N–H and O–H groups in total. The molecule has 0 saturated carbocycles. The summed E-state index contributed by atoms with van der Waals surface area (Å²) in [6.07, 6.45) is 0. The van der Waals surface area contributed by atoms with Crippen LogP contribution in [-0.4, -0.2) is 15.5 Å². The predicted octanol–water partition coefficient (Wildman–Crippen LogP) is 4.97. The number of aryl methyl sites for hydroxylation is 2. The fourth-order valence-electron chi connectivity index (χ4n) is 3.43. The third-order valence-electron chi connectivity index (χ3n) is 4.96. The molecule has 4 rings (SSSR count). The minimum absolute atomic E-state index is 0.146. The van der Waals surface area contributed by atoms with Gasteiger partial charge in [0.25, 0.3) is 0 Å². The number of halogens is 1. The lowest BCUT2D eigenvalue weighted by Gasteiger charge is -2.14. The van der Waals surface area contributed by atoms with Gasteiger partial charge in [-0.15, -0.1) is 0 Å². The second kappa shape index (κ2) is 8.13. The van der Waals surface area contributed by atoms with E-state index in [2.05, 4.69) is 10.3 Å². The first-order valence-corrected chi connectivity index (χ1v) is 9.93. The van der Waals surface area contributed by atoms with Gasteiger partial charge < -0.3 is 5.32 Å². The number of hydrogen-bond acceptors (Lipinski definition) is 3. The van der Waals surface area contributed by atoms with Gasteiger partial charge in [-0.05, 0) is 49.2 Å². The second-order valence-corrected chi connectivity index (χ2v) is 7.66. The van der Waals surface area contributed by atoms with Crippen LogP contribution >= 0.6 is 11.6 Å². The van der Waals surface area contributed by atoms with Gasteiger partial charge in [0.1, 0.15) is 6.54 Å². The summed E-state index contributed by atoms with van der Waals surface area (Å²) >= 11 is 6.22. The maximum Gasteiger partial charge on any atom is 0.349 e. The van der Waals surface area contributed by atoms with Crippen molar-refractivity contribution in [2.45, 2.75) is 20.4 Å². The lowest BCUT2D eigenvalue weighted by molar-refractivity contribution is -0.116. The van der Waals surface area contributed by atoms with Crippen LogP contribution in [0.3, 0.4) is 0 Å². The monoisotopic (exact) mass is 417 g/mol.